The molecule has 0 radical (unpaired) electrons. The minimum absolute atomic E-state index is 0.219. The Hall–Kier alpha value is -0.370. The van der Waals surface area contributed by atoms with E-state index in [0.29, 0.717) is 5.92 Å². The van der Waals surface area contributed by atoms with E-state index in [0.717, 1.165) is 13.0 Å². The first-order valence-corrected chi connectivity index (χ1v) is 3.84. The summed E-state index contributed by atoms with van der Waals surface area (Å²) in [5.41, 5.74) is 0. The van der Waals surface area contributed by atoms with E-state index in [1.807, 2.05) is 27.0 Å². The number of hydrogen-bond acceptors (Lipinski definition) is 2. The largest absolute Gasteiger partial charge is 0.393 e. The Kier molecular flexibility index (Phi) is 5.22. The fraction of sp³-hybridized carbons (Fsp3) is 0.875. The lowest BCUT2D eigenvalue weighted by molar-refractivity contribution is 0.139. The topological polar surface area (TPSA) is 32.6 Å². The van der Waals surface area contributed by atoms with Crippen molar-refractivity contribution in [2.75, 3.05) is 6.54 Å². The predicted octanol–water partition coefficient (Wildman–Crippen LogP) is 1.48. The molecule has 0 fully saturated rings. The molecule has 1 unspecified atom stereocenters. The van der Waals surface area contributed by atoms with Crippen LogP contribution in [0.25, 0.3) is 0 Å². The SMILES string of the molecule is CCN=CC[C@@H](C)C(C)O. The summed E-state index contributed by atoms with van der Waals surface area (Å²) in [4.78, 5) is 4.06. The Morgan fingerprint density at radius 1 is 1.50 bits per heavy atom. The zero-order valence-corrected chi connectivity index (χ0v) is 7.04. The third-order valence-electron chi connectivity index (χ3n) is 1.61. The Balaban J connectivity index is 3.38. The van der Waals surface area contributed by atoms with Crippen LogP contribution in [0, 0.1) is 5.92 Å². The maximum atomic E-state index is 9.06. The van der Waals surface area contributed by atoms with Crippen LogP contribution in [0.15, 0.2) is 4.99 Å². The van der Waals surface area contributed by atoms with Crippen LogP contribution in [0.4, 0.5) is 0 Å². The number of aliphatic hydroxyl groups excluding tert-OH is 1. The maximum absolute atomic E-state index is 9.06. The fourth-order valence-corrected chi connectivity index (χ4v) is 0.567. The van der Waals surface area contributed by atoms with Crippen molar-refractivity contribution in [2.45, 2.75) is 33.3 Å². The van der Waals surface area contributed by atoms with Gasteiger partial charge in [-0.05, 0) is 32.4 Å². The van der Waals surface area contributed by atoms with Gasteiger partial charge in [0.2, 0.25) is 0 Å². The van der Waals surface area contributed by atoms with E-state index in [1.165, 1.54) is 0 Å². The van der Waals surface area contributed by atoms with Gasteiger partial charge in [-0.2, -0.15) is 0 Å². The van der Waals surface area contributed by atoms with Crippen molar-refractivity contribution >= 4 is 6.21 Å². The second kappa shape index (κ2) is 5.42. The van der Waals surface area contributed by atoms with Gasteiger partial charge in [-0.15, -0.1) is 0 Å². The molecular weight excluding hydrogens is 126 g/mol. The minimum atomic E-state index is -0.219. The molecular formula is C8H17NO. The molecule has 2 nitrogen and oxygen atoms in total. The van der Waals surface area contributed by atoms with Crippen LogP contribution in [0.5, 0.6) is 0 Å². The molecule has 0 saturated carbocycles. The van der Waals surface area contributed by atoms with Gasteiger partial charge >= 0.3 is 0 Å². The number of aliphatic imine (C=N–C) groups is 1. The Labute approximate surface area is 63.0 Å². The summed E-state index contributed by atoms with van der Waals surface area (Å²) in [6.07, 6.45) is 2.55. The average Bonchev–Trinajstić information content (AvgIpc) is 1.88. The summed E-state index contributed by atoms with van der Waals surface area (Å²) < 4.78 is 0. The normalized spacial score (nSPS) is 17.6. The second-order valence-corrected chi connectivity index (χ2v) is 2.63. The zero-order valence-electron chi connectivity index (χ0n) is 7.04. The van der Waals surface area contributed by atoms with Crippen LogP contribution in [0.1, 0.15) is 27.2 Å². The van der Waals surface area contributed by atoms with Gasteiger partial charge in [0, 0.05) is 6.54 Å². The van der Waals surface area contributed by atoms with Crippen LogP contribution in [-0.2, 0) is 0 Å². The third kappa shape index (κ3) is 4.50. The number of rotatable bonds is 4. The van der Waals surface area contributed by atoms with E-state index in [9.17, 15) is 0 Å². The maximum Gasteiger partial charge on any atom is 0.0541 e. The molecule has 0 aliphatic heterocycles. The molecule has 0 aromatic heterocycles. The molecule has 10 heavy (non-hydrogen) atoms. The van der Waals surface area contributed by atoms with Gasteiger partial charge in [0.05, 0.1) is 6.10 Å². The summed E-state index contributed by atoms with van der Waals surface area (Å²) >= 11 is 0. The lowest BCUT2D eigenvalue weighted by Crippen LogP contribution is -2.12. The fourth-order valence-electron chi connectivity index (χ4n) is 0.567. The van der Waals surface area contributed by atoms with E-state index in [4.69, 9.17) is 5.11 Å². The van der Waals surface area contributed by atoms with Crippen LogP contribution in [-0.4, -0.2) is 24.0 Å². The van der Waals surface area contributed by atoms with Crippen molar-refractivity contribution < 1.29 is 5.11 Å². The van der Waals surface area contributed by atoms with Gasteiger partial charge in [0.1, 0.15) is 0 Å². The summed E-state index contributed by atoms with van der Waals surface area (Å²) in [7, 11) is 0. The van der Waals surface area contributed by atoms with E-state index >= 15 is 0 Å². The smallest absolute Gasteiger partial charge is 0.0541 e. The molecule has 0 amide bonds. The van der Waals surface area contributed by atoms with Crippen LogP contribution < -0.4 is 0 Å². The summed E-state index contributed by atoms with van der Waals surface area (Å²) in [6.45, 7) is 6.67. The highest BCUT2D eigenvalue weighted by molar-refractivity contribution is 5.57. The molecule has 2 atom stereocenters. The molecule has 0 spiro atoms. The van der Waals surface area contributed by atoms with Crippen LogP contribution in [0.2, 0.25) is 0 Å². The third-order valence-corrected chi connectivity index (χ3v) is 1.61. The molecule has 2 heteroatoms. The highest BCUT2D eigenvalue weighted by atomic mass is 16.3. The van der Waals surface area contributed by atoms with Crippen molar-refractivity contribution in [3.05, 3.63) is 0 Å². The first-order chi connectivity index (χ1) is 4.68. The summed E-state index contributed by atoms with van der Waals surface area (Å²) in [6, 6.07) is 0. The number of nitrogens with zero attached hydrogens (tertiary/aromatic N) is 1. The first-order valence-electron chi connectivity index (χ1n) is 3.84. The van der Waals surface area contributed by atoms with Gasteiger partial charge in [-0.3, -0.25) is 4.99 Å². The number of hydrogen-bond donors (Lipinski definition) is 1. The molecule has 0 saturated heterocycles. The lowest BCUT2D eigenvalue weighted by atomic mass is 10.0. The Morgan fingerprint density at radius 2 is 2.10 bits per heavy atom. The van der Waals surface area contributed by atoms with Gasteiger partial charge in [-0.25, -0.2) is 0 Å². The van der Waals surface area contributed by atoms with Crippen molar-refractivity contribution in [2.24, 2.45) is 10.9 Å². The van der Waals surface area contributed by atoms with Gasteiger partial charge < -0.3 is 5.11 Å². The second-order valence-electron chi connectivity index (χ2n) is 2.63. The van der Waals surface area contributed by atoms with E-state index in [2.05, 4.69) is 4.99 Å². The monoisotopic (exact) mass is 143 g/mol. The molecule has 0 aliphatic carbocycles. The van der Waals surface area contributed by atoms with Crippen LogP contribution in [0.3, 0.4) is 0 Å². The summed E-state index contributed by atoms with van der Waals surface area (Å²) in [5, 5.41) is 9.06. The van der Waals surface area contributed by atoms with Gasteiger partial charge in [0.25, 0.3) is 0 Å². The van der Waals surface area contributed by atoms with E-state index in [1.54, 1.807) is 0 Å². The zero-order chi connectivity index (χ0) is 7.98. The molecule has 0 aromatic rings. The highest BCUT2D eigenvalue weighted by Crippen LogP contribution is 2.04. The summed E-state index contributed by atoms with van der Waals surface area (Å²) in [5.74, 6) is 0.329. The van der Waals surface area contributed by atoms with Gasteiger partial charge in [0.15, 0.2) is 0 Å². The first kappa shape index (κ1) is 9.63. The molecule has 60 valence electrons. The van der Waals surface area contributed by atoms with Crippen molar-refractivity contribution in [3.8, 4) is 0 Å². The average molecular weight is 143 g/mol. The Bertz CT molecular complexity index is 99.4. The highest BCUT2D eigenvalue weighted by Gasteiger charge is 2.05. The Morgan fingerprint density at radius 3 is 2.50 bits per heavy atom. The van der Waals surface area contributed by atoms with E-state index < -0.39 is 0 Å². The molecule has 0 aromatic carbocycles. The van der Waals surface area contributed by atoms with Gasteiger partial charge in [-0.1, -0.05) is 6.92 Å². The lowest BCUT2D eigenvalue weighted by Gasteiger charge is -2.10. The molecule has 0 rings (SSSR count). The standard InChI is InChI=1S/C8H17NO/c1-4-9-6-5-7(2)8(3)10/h6-8,10H,4-5H2,1-3H3/t7-,8?/m1/s1. The van der Waals surface area contributed by atoms with Crippen molar-refractivity contribution in [3.63, 3.8) is 0 Å². The van der Waals surface area contributed by atoms with Crippen molar-refractivity contribution in [1.82, 2.24) is 0 Å². The molecule has 1 N–H and O–H groups in total. The van der Waals surface area contributed by atoms with Crippen LogP contribution >= 0.6 is 0 Å². The number of aliphatic hydroxyl groups is 1. The predicted molar refractivity (Wildman–Crippen MR) is 44.5 cm³/mol. The van der Waals surface area contributed by atoms with E-state index in [-0.39, 0.29) is 6.10 Å². The van der Waals surface area contributed by atoms with Crippen molar-refractivity contribution in [1.29, 1.82) is 0 Å². The quantitative estimate of drug-likeness (QED) is 0.594. The minimum Gasteiger partial charge on any atom is -0.393 e. The molecule has 0 bridgehead atoms. The molecule has 0 aliphatic rings. The molecule has 0 heterocycles.